The molecule has 2 aliphatic rings. The molecule has 4 aromatic carbocycles. The number of allylic oxidation sites excluding steroid dienone is 2. The van der Waals surface area contributed by atoms with Crippen molar-refractivity contribution in [1.29, 1.82) is 0 Å². The summed E-state index contributed by atoms with van der Waals surface area (Å²) in [5, 5.41) is 5.50. The summed E-state index contributed by atoms with van der Waals surface area (Å²) < 4.78 is 3.29. The highest BCUT2D eigenvalue weighted by atomic mass is 32.2. The molecule has 0 radical (unpaired) electrons. The molecule has 0 saturated heterocycles. The molecule has 1 aliphatic heterocycles. The van der Waals surface area contributed by atoms with Crippen LogP contribution in [-0.4, -0.2) is 32.6 Å². The second-order valence-corrected chi connectivity index (χ2v) is 13.9. The SMILES string of the molecule is Cc1c(NC(=O)C(Sc2cccc(NC(=O)N3c4ccccc4SC4C=CC=CC43)c2)c2ccccc2)c(=O)n(-c2ccccc2)n1C. The topological polar surface area (TPSA) is 88.4 Å². The molecule has 3 unspecified atom stereocenters. The van der Waals surface area contributed by atoms with Crippen molar-refractivity contribution in [1.82, 2.24) is 9.36 Å². The number of para-hydroxylation sites is 2. The summed E-state index contributed by atoms with van der Waals surface area (Å²) in [7, 11) is 1.80. The molecule has 1 aliphatic carbocycles. The van der Waals surface area contributed by atoms with E-state index in [1.54, 1.807) is 28.2 Å². The van der Waals surface area contributed by atoms with Crippen molar-refractivity contribution in [3.63, 3.8) is 0 Å². The normalized spacial score (nSPS) is 16.9. The Hall–Kier alpha value is -5.19. The van der Waals surface area contributed by atoms with Crippen molar-refractivity contribution in [3.8, 4) is 5.69 Å². The van der Waals surface area contributed by atoms with E-state index in [4.69, 9.17) is 0 Å². The number of amides is 3. The Labute approximate surface area is 287 Å². The van der Waals surface area contributed by atoms with E-state index in [1.165, 1.54) is 11.8 Å². The zero-order chi connectivity index (χ0) is 33.2. The Bertz CT molecular complexity index is 2110. The molecule has 0 spiro atoms. The molecule has 1 aromatic heterocycles. The first-order valence-electron chi connectivity index (χ1n) is 15.6. The van der Waals surface area contributed by atoms with Crippen LogP contribution in [0.5, 0.6) is 0 Å². The van der Waals surface area contributed by atoms with Crippen LogP contribution in [0.4, 0.5) is 21.9 Å². The number of aromatic nitrogens is 2. The second kappa shape index (κ2) is 13.5. The number of thioether (sulfide) groups is 2. The van der Waals surface area contributed by atoms with Gasteiger partial charge in [0.1, 0.15) is 10.9 Å². The molecule has 0 bridgehead atoms. The van der Waals surface area contributed by atoms with Gasteiger partial charge in [-0.15, -0.1) is 23.5 Å². The summed E-state index contributed by atoms with van der Waals surface area (Å²) in [6.45, 7) is 1.81. The minimum Gasteiger partial charge on any atom is -0.319 e. The third kappa shape index (κ3) is 6.12. The van der Waals surface area contributed by atoms with Crippen molar-refractivity contribution in [2.75, 3.05) is 15.5 Å². The highest BCUT2D eigenvalue weighted by Crippen LogP contribution is 2.44. The third-order valence-corrected chi connectivity index (χ3v) is 11.0. The maximum Gasteiger partial charge on any atom is 0.326 e. The van der Waals surface area contributed by atoms with E-state index < -0.39 is 5.25 Å². The summed E-state index contributed by atoms with van der Waals surface area (Å²) in [6.07, 6.45) is 8.20. The lowest BCUT2D eigenvalue weighted by Crippen LogP contribution is -2.49. The first kappa shape index (κ1) is 31.4. The quantitative estimate of drug-likeness (QED) is 0.172. The van der Waals surface area contributed by atoms with Gasteiger partial charge in [0.2, 0.25) is 5.91 Å². The lowest BCUT2D eigenvalue weighted by atomic mass is 10.1. The van der Waals surface area contributed by atoms with Crippen molar-refractivity contribution in [2.45, 2.75) is 33.3 Å². The number of rotatable bonds is 7. The molecular formula is C38H33N5O3S2. The number of hydrogen-bond acceptors (Lipinski definition) is 5. The van der Waals surface area contributed by atoms with E-state index in [0.29, 0.717) is 17.1 Å². The molecule has 2 N–H and O–H groups in total. The predicted molar refractivity (Wildman–Crippen MR) is 196 cm³/mol. The minimum atomic E-state index is -0.674. The zero-order valence-corrected chi connectivity index (χ0v) is 27.9. The molecule has 2 heterocycles. The van der Waals surface area contributed by atoms with Gasteiger partial charge in [-0.3, -0.25) is 19.2 Å². The Morgan fingerprint density at radius 2 is 1.54 bits per heavy atom. The Kier molecular flexibility index (Phi) is 8.84. The first-order chi connectivity index (χ1) is 23.4. The summed E-state index contributed by atoms with van der Waals surface area (Å²) >= 11 is 3.11. The van der Waals surface area contributed by atoms with Crippen LogP contribution in [0.25, 0.3) is 5.69 Å². The van der Waals surface area contributed by atoms with Gasteiger partial charge in [0.15, 0.2) is 0 Å². The highest BCUT2D eigenvalue weighted by Gasteiger charge is 2.36. The van der Waals surface area contributed by atoms with Crippen LogP contribution in [0, 0.1) is 6.92 Å². The molecule has 240 valence electrons. The van der Waals surface area contributed by atoms with E-state index in [-0.39, 0.29) is 34.5 Å². The largest absolute Gasteiger partial charge is 0.326 e. The zero-order valence-electron chi connectivity index (χ0n) is 26.3. The fraction of sp³-hybridized carbons (Fsp3) is 0.132. The molecule has 3 amide bonds. The van der Waals surface area contributed by atoms with Crippen molar-refractivity contribution in [2.24, 2.45) is 7.05 Å². The summed E-state index contributed by atoms with van der Waals surface area (Å²) in [5.74, 6) is -0.322. The van der Waals surface area contributed by atoms with Crippen LogP contribution in [-0.2, 0) is 11.8 Å². The van der Waals surface area contributed by atoms with Crippen LogP contribution in [0.2, 0.25) is 0 Å². The van der Waals surface area contributed by atoms with Crippen LogP contribution in [0.1, 0.15) is 16.5 Å². The monoisotopic (exact) mass is 671 g/mol. The van der Waals surface area contributed by atoms with Crippen molar-refractivity contribution >= 4 is 52.5 Å². The third-order valence-electron chi connectivity index (χ3n) is 8.44. The molecular weight excluding hydrogens is 639 g/mol. The first-order valence-corrected chi connectivity index (χ1v) is 17.3. The molecule has 3 atom stereocenters. The fourth-order valence-corrected chi connectivity index (χ4v) is 8.34. The van der Waals surface area contributed by atoms with Gasteiger partial charge < -0.3 is 10.6 Å². The molecule has 48 heavy (non-hydrogen) atoms. The van der Waals surface area contributed by atoms with Gasteiger partial charge in [-0.05, 0) is 55.0 Å². The average Bonchev–Trinajstić information content (AvgIpc) is 3.32. The number of carbonyl (C=O) groups excluding carboxylic acids is 2. The molecule has 8 nitrogen and oxygen atoms in total. The number of fused-ring (bicyclic) bond motifs is 2. The average molecular weight is 672 g/mol. The molecule has 10 heteroatoms. The minimum absolute atomic E-state index is 0.118. The Morgan fingerprint density at radius 3 is 2.33 bits per heavy atom. The number of carbonyl (C=O) groups is 2. The summed E-state index contributed by atoms with van der Waals surface area (Å²) in [6, 6.07) is 33.9. The van der Waals surface area contributed by atoms with Gasteiger partial charge >= 0.3 is 6.03 Å². The Morgan fingerprint density at radius 1 is 0.833 bits per heavy atom. The smallest absolute Gasteiger partial charge is 0.319 e. The molecule has 0 fully saturated rings. The van der Waals surface area contributed by atoms with Crippen LogP contribution in [0.15, 0.2) is 148 Å². The summed E-state index contributed by atoms with van der Waals surface area (Å²) in [5.41, 5.74) is 3.55. The van der Waals surface area contributed by atoms with Crippen LogP contribution in [0.3, 0.4) is 0 Å². The van der Waals surface area contributed by atoms with Crippen molar-refractivity contribution < 1.29 is 9.59 Å². The van der Waals surface area contributed by atoms with Gasteiger partial charge in [0.25, 0.3) is 5.56 Å². The van der Waals surface area contributed by atoms with Crippen LogP contribution >= 0.6 is 23.5 Å². The van der Waals surface area contributed by atoms with Gasteiger partial charge in [-0.25, -0.2) is 9.48 Å². The van der Waals surface area contributed by atoms with Crippen molar-refractivity contribution in [3.05, 3.63) is 155 Å². The lowest BCUT2D eigenvalue weighted by Gasteiger charge is -2.40. The van der Waals surface area contributed by atoms with Gasteiger partial charge in [0, 0.05) is 22.5 Å². The van der Waals surface area contributed by atoms with Gasteiger partial charge in [0.05, 0.1) is 28.4 Å². The maximum atomic E-state index is 14.0. The number of urea groups is 1. The van der Waals surface area contributed by atoms with E-state index >= 15 is 0 Å². The lowest BCUT2D eigenvalue weighted by molar-refractivity contribution is -0.115. The van der Waals surface area contributed by atoms with E-state index in [1.807, 2.05) is 133 Å². The number of nitrogens with one attached hydrogen (secondary N) is 2. The van der Waals surface area contributed by atoms with Crippen LogP contribution < -0.4 is 21.1 Å². The maximum absolute atomic E-state index is 14.0. The second-order valence-electron chi connectivity index (χ2n) is 11.5. The number of hydrogen-bond donors (Lipinski definition) is 2. The number of nitrogens with zero attached hydrogens (tertiary/aromatic N) is 3. The highest BCUT2D eigenvalue weighted by molar-refractivity contribution is 8.00. The summed E-state index contributed by atoms with van der Waals surface area (Å²) in [4.78, 5) is 45.1. The molecule has 0 saturated carbocycles. The van der Waals surface area contributed by atoms with E-state index in [0.717, 1.165) is 21.0 Å². The predicted octanol–water partition coefficient (Wildman–Crippen LogP) is 7.96. The van der Waals surface area contributed by atoms with E-state index in [9.17, 15) is 14.4 Å². The molecule has 5 aromatic rings. The Balaban J connectivity index is 1.14. The number of benzene rings is 4. The molecule has 7 rings (SSSR count). The van der Waals surface area contributed by atoms with Gasteiger partial charge in [-0.1, -0.05) is 91.0 Å². The van der Waals surface area contributed by atoms with E-state index in [2.05, 4.69) is 22.8 Å². The van der Waals surface area contributed by atoms with Gasteiger partial charge in [-0.2, -0.15) is 0 Å². The fourth-order valence-electron chi connectivity index (χ4n) is 5.99. The number of anilines is 3. The standard InChI is InChI=1S/C38H33N5O3S2/c1-25-34(37(45)43(41(25)2)28-17-7-4-8-18-28)40-36(44)35(26-14-5-3-6-15-26)47-29-19-13-16-27(24-29)39-38(46)42-30-20-9-11-22-32(30)48-33-23-12-10-21-31(33)42/h3-24,30,32,35H,1-2H3,(H,39,46)(H,40,44).